The van der Waals surface area contributed by atoms with Crippen LogP contribution in [-0.4, -0.2) is 28.0 Å². The van der Waals surface area contributed by atoms with Crippen LogP contribution in [0.15, 0.2) is 30.5 Å². The Bertz CT molecular complexity index is 558. The first-order valence-corrected chi connectivity index (χ1v) is 5.51. The number of carboxylic acids is 1. The summed E-state index contributed by atoms with van der Waals surface area (Å²) < 4.78 is 6.75. The van der Waals surface area contributed by atoms with Crippen LogP contribution in [0.5, 0.6) is 5.75 Å². The van der Waals surface area contributed by atoms with Crippen molar-refractivity contribution < 1.29 is 14.6 Å². The van der Waals surface area contributed by atoms with Gasteiger partial charge in [0.25, 0.3) is 0 Å². The molecule has 0 aliphatic heterocycles. The van der Waals surface area contributed by atoms with Crippen molar-refractivity contribution in [3.63, 3.8) is 0 Å². The maximum atomic E-state index is 10.7. The fourth-order valence-electron chi connectivity index (χ4n) is 1.70. The number of aryl methyl sites for hydroxylation is 1. The number of carboxylic acid groups (broad SMARTS) is 1. The van der Waals surface area contributed by atoms with Crippen LogP contribution in [0, 0.1) is 6.92 Å². The molecule has 2 rings (SSSR count). The third-order valence-electron chi connectivity index (χ3n) is 2.68. The molecule has 0 fully saturated rings. The molecule has 0 unspecified atom stereocenters. The average Bonchev–Trinajstić information content (AvgIpc) is 2.70. The first kappa shape index (κ1) is 12.2. The van der Waals surface area contributed by atoms with Gasteiger partial charge in [-0.05, 0) is 31.2 Å². The number of hydrogen-bond acceptors (Lipinski definition) is 3. The van der Waals surface area contributed by atoms with E-state index in [1.165, 1.54) is 0 Å². The molecule has 1 N–H and O–H groups in total. The second kappa shape index (κ2) is 4.91. The van der Waals surface area contributed by atoms with E-state index in [1.807, 2.05) is 24.3 Å². The second-order valence-corrected chi connectivity index (χ2v) is 3.95. The SMILES string of the molecule is COc1ccc(-n2cc(CC(=O)O)c(C)n2)cc1. The fourth-order valence-corrected chi connectivity index (χ4v) is 1.70. The van der Waals surface area contributed by atoms with Crippen molar-refractivity contribution in [3.8, 4) is 11.4 Å². The predicted molar refractivity (Wildman–Crippen MR) is 66.2 cm³/mol. The van der Waals surface area contributed by atoms with Crippen LogP contribution in [0.4, 0.5) is 0 Å². The molecule has 0 spiro atoms. The van der Waals surface area contributed by atoms with Gasteiger partial charge < -0.3 is 9.84 Å². The highest BCUT2D eigenvalue weighted by molar-refractivity contribution is 5.70. The van der Waals surface area contributed by atoms with Crippen LogP contribution in [-0.2, 0) is 11.2 Å². The van der Waals surface area contributed by atoms with Crippen LogP contribution in [0.3, 0.4) is 0 Å². The van der Waals surface area contributed by atoms with Crippen LogP contribution < -0.4 is 4.74 Å². The molecule has 18 heavy (non-hydrogen) atoms. The van der Waals surface area contributed by atoms with Gasteiger partial charge in [0.1, 0.15) is 5.75 Å². The number of carbonyl (C=O) groups is 1. The van der Waals surface area contributed by atoms with Crippen molar-refractivity contribution in [2.75, 3.05) is 7.11 Å². The van der Waals surface area contributed by atoms with Gasteiger partial charge in [-0.15, -0.1) is 0 Å². The Balaban J connectivity index is 2.30. The average molecular weight is 246 g/mol. The second-order valence-electron chi connectivity index (χ2n) is 3.95. The summed E-state index contributed by atoms with van der Waals surface area (Å²) in [6, 6.07) is 7.41. The van der Waals surface area contributed by atoms with Crippen molar-refractivity contribution in [2.45, 2.75) is 13.3 Å². The third kappa shape index (κ3) is 2.51. The summed E-state index contributed by atoms with van der Waals surface area (Å²) in [5, 5.41) is 13.1. The normalized spacial score (nSPS) is 10.3. The van der Waals surface area contributed by atoms with Gasteiger partial charge in [-0.25, -0.2) is 4.68 Å². The number of methoxy groups -OCH3 is 1. The molecule has 2 aromatic rings. The number of rotatable bonds is 4. The van der Waals surface area contributed by atoms with Crippen molar-refractivity contribution >= 4 is 5.97 Å². The molecule has 1 aromatic heterocycles. The molecular formula is C13H14N2O3. The molecule has 0 saturated carbocycles. The molecule has 0 saturated heterocycles. The summed E-state index contributed by atoms with van der Waals surface area (Å²) in [4.78, 5) is 10.7. The summed E-state index contributed by atoms with van der Waals surface area (Å²) in [6.07, 6.45) is 1.73. The van der Waals surface area contributed by atoms with E-state index in [4.69, 9.17) is 9.84 Å². The molecule has 1 heterocycles. The molecule has 5 heteroatoms. The maximum Gasteiger partial charge on any atom is 0.307 e. The van der Waals surface area contributed by atoms with E-state index in [9.17, 15) is 4.79 Å². The summed E-state index contributed by atoms with van der Waals surface area (Å²) in [7, 11) is 1.61. The molecule has 0 amide bonds. The molecule has 1 aromatic carbocycles. The number of aliphatic carboxylic acids is 1. The van der Waals surface area contributed by atoms with Crippen LogP contribution in [0.2, 0.25) is 0 Å². The monoisotopic (exact) mass is 246 g/mol. The van der Waals surface area contributed by atoms with Gasteiger partial charge in [0.2, 0.25) is 0 Å². The smallest absolute Gasteiger partial charge is 0.307 e. The van der Waals surface area contributed by atoms with Crippen molar-refractivity contribution in [3.05, 3.63) is 41.7 Å². The van der Waals surface area contributed by atoms with Gasteiger partial charge in [0.05, 0.1) is 24.9 Å². The van der Waals surface area contributed by atoms with Gasteiger partial charge >= 0.3 is 5.97 Å². The highest BCUT2D eigenvalue weighted by atomic mass is 16.5. The van der Waals surface area contributed by atoms with E-state index in [-0.39, 0.29) is 6.42 Å². The Morgan fingerprint density at radius 3 is 2.61 bits per heavy atom. The van der Waals surface area contributed by atoms with E-state index in [1.54, 1.807) is 24.9 Å². The van der Waals surface area contributed by atoms with E-state index >= 15 is 0 Å². The quantitative estimate of drug-likeness (QED) is 0.893. The minimum atomic E-state index is -0.854. The number of hydrogen-bond donors (Lipinski definition) is 1. The van der Waals surface area contributed by atoms with Crippen molar-refractivity contribution in [1.29, 1.82) is 0 Å². The zero-order valence-corrected chi connectivity index (χ0v) is 10.3. The zero-order chi connectivity index (χ0) is 13.1. The molecular weight excluding hydrogens is 232 g/mol. The standard InChI is InChI=1S/C13H14N2O3/c1-9-10(7-13(16)17)8-15(14-9)11-3-5-12(18-2)6-4-11/h3-6,8H,7H2,1-2H3,(H,16,17). The van der Waals surface area contributed by atoms with E-state index < -0.39 is 5.97 Å². The Morgan fingerprint density at radius 1 is 1.39 bits per heavy atom. The Labute approximate surface area is 105 Å². The van der Waals surface area contributed by atoms with Crippen LogP contribution >= 0.6 is 0 Å². The highest BCUT2D eigenvalue weighted by Gasteiger charge is 2.09. The Hall–Kier alpha value is -2.30. The lowest BCUT2D eigenvalue weighted by Crippen LogP contribution is -2.00. The molecule has 5 nitrogen and oxygen atoms in total. The predicted octanol–water partition coefficient (Wildman–Crippen LogP) is 1.82. The number of ether oxygens (including phenoxy) is 1. The number of nitrogens with zero attached hydrogens (tertiary/aromatic N) is 2. The molecule has 0 bridgehead atoms. The number of benzene rings is 1. The van der Waals surface area contributed by atoms with Crippen LogP contribution in [0.1, 0.15) is 11.3 Å². The van der Waals surface area contributed by atoms with Gasteiger partial charge in [-0.1, -0.05) is 0 Å². The largest absolute Gasteiger partial charge is 0.497 e. The third-order valence-corrected chi connectivity index (χ3v) is 2.68. The maximum absolute atomic E-state index is 10.7. The summed E-state index contributed by atoms with van der Waals surface area (Å²) in [5.41, 5.74) is 2.32. The highest BCUT2D eigenvalue weighted by Crippen LogP contribution is 2.16. The van der Waals surface area contributed by atoms with Gasteiger partial charge in [0, 0.05) is 11.8 Å². The lowest BCUT2D eigenvalue weighted by Gasteiger charge is -2.02. The molecule has 0 atom stereocenters. The zero-order valence-electron chi connectivity index (χ0n) is 10.3. The fraction of sp³-hybridized carbons (Fsp3) is 0.231. The minimum Gasteiger partial charge on any atom is -0.497 e. The molecule has 0 aliphatic rings. The molecule has 0 radical (unpaired) electrons. The molecule has 0 aliphatic carbocycles. The van der Waals surface area contributed by atoms with Crippen molar-refractivity contribution in [1.82, 2.24) is 9.78 Å². The summed E-state index contributed by atoms with van der Waals surface area (Å²) >= 11 is 0. The topological polar surface area (TPSA) is 64.3 Å². The van der Waals surface area contributed by atoms with Crippen molar-refractivity contribution in [2.24, 2.45) is 0 Å². The Morgan fingerprint density at radius 2 is 2.06 bits per heavy atom. The van der Waals surface area contributed by atoms with E-state index in [0.29, 0.717) is 0 Å². The summed E-state index contributed by atoms with van der Waals surface area (Å²) in [5.74, 6) is -0.0826. The lowest BCUT2D eigenvalue weighted by atomic mass is 10.2. The van der Waals surface area contributed by atoms with Crippen LogP contribution in [0.25, 0.3) is 5.69 Å². The molecule has 94 valence electrons. The van der Waals surface area contributed by atoms with E-state index in [0.717, 1.165) is 22.7 Å². The first-order chi connectivity index (χ1) is 8.60. The van der Waals surface area contributed by atoms with E-state index in [2.05, 4.69) is 5.10 Å². The number of aromatic nitrogens is 2. The lowest BCUT2D eigenvalue weighted by molar-refractivity contribution is -0.136. The Kier molecular flexibility index (Phi) is 3.32. The minimum absolute atomic E-state index is 0.0119. The first-order valence-electron chi connectivity index (χ1n) is 5.51. The summed E-state index contributed by atoms with van der Waals surface area (Å²) in [6.45, 7) is 1.80. The van der Waals surface area contributed by atoms with Gasteiger partial charge in [-0.3, -0.25) is 4.79 Å². The van der Waals surface area contributed by atoms with Gasteiger partial charge in [-0.2, -0.15) is 5.10 Å². The van der Waals surface area contributed by atoms with Gasteiger partial charge in [0.15, 0.2) is 0 Å².